The van der Waals surface area contributed by atoms with Gasteiger partial charge >= 0.3 is 0 Å². The normalized spacial score (nSPS) is 15.7. The Morgan fingerprint density at radius 1 is 1.03 bits per heavy atom. The molecule has 4 aromatic rings. The minimum Gasteiger partial charge on any atom is -0.497 e. The average Bonchev–Trinajstić information content (AvgIpc) is 3.42. The quantitative estimate of drug-likeness (QED) is 0.439. The second kappa shape index (κ2) is 8.54. The van der Waals surface area contributed by atoms with Crippen LogP contribution in [0.1, 0.15) is 35.1 Å². The van der Waals surface area contributed by atoms with Gasteiger partial charge in [-0.25, -0.2) is 9.99 Å². The van der Waals surface area contributed by atoms with E-state index in [0.717, 1.165) is 39.5 Å². The van der Waals surface area contributed by atoms with Crippen molar-refractivity contribution in [3.8, 4) is 5.75 Å². The van der Waals surface area contributed by atoms with E-state index in [0.29, 0.717) is 6.42 Å². The lowest BCUT2D eigenvalue weighted by atomic mass is 9.97. The summed E-state index contributed by atoms with van der Waals surface area (Å²) in [5, 5.41) is 8.82. The van der Waals surface area contributed by atoms with E-state index in [9.17, 15) is 4.79 Å². The van der Waals surface area contributed by atoms with Crippen molar-refractivity contribution in [3.63, 3.8) is 0 Å². The van der Waals surface area contributed by atoms with Crippen molar-refractivity contribution in [2.24, 2.45) is 5.10 Å². The molecule has 1 aliphatic heterocycles. The molecule has 1 amide bonds. The number of carbonyl (C=O) groups excluding carboxylic acids is 1. The molecule has 1 aromatic heterocycles. The average molecular weight is 439 g/mol. The molecule has 0 aliphatic carbocycles. The highest BCUT2D eigenvalue weighted by molar-refractivity contribution is 6.05. The van der Waals surface area contributed by atoms with Gasteiger partial charge in [0.05, 0.1) is 24.6 Å². The van der Waals surface area contributed by atoms with E-state index in [1.54, 1.807) is 12.1 Å². The van der Waals surface area contributed by atoms with E-state index in [1.807, 2.05) is 61.0 Å². The molecule has 0 saturated carbocycles. The Hall–Kier alpha value is -3.93. The minimum absolute atomic E-state index is 0.0629. The third-order valence-electron chi connectivity index (χ3n) is 6.15. The molecule has 0 bridgehead atoms. The van der Waals surface area contributed by atoms with Crippen LogP contribution in [0.4, 0.5) is 0 Å². The van der Waals surface area contributed by atoms with Crippen LogP contribution in [0.2, 0.25) is 0 Å². The van der Waals surface area contributed by atoms with Crippen LogP contribution in [0.5, 0.6) is 5.75 Å². The Morgan fingerprint density at radius 3 is 2.48 bits per heavy atom. The van der Waals surface area contributed by atoms with Gasteiger partial charge in [0.25, 0.3) is 5.91 Å². The van der Waals surface area contributed by atoms with E-state index in [-0.39, 0.29) is 18.5 Å². The van der Waals surface area contributed by atoms with E-state index < -0.39 is 0 Å². The number of imidazole rings is 1. The maximum Gasteiger partial charge on any atom is 0.263 e. The molecular formula is C27H26N4O2. The van der Waals surface area contributed by atoms with Crippen LogP contribution in [-0.4, -0.2) is 33.3 Å². The molecule has 1 atom stereocenters. The number of fused-ring (bicyclic) bond motifs is 1. The Labute approximate surface area is 193 Å². The highest BCUT2D eigenvalue weighted by Gasteiger charge is 2.33. The summed E-state index contributed by atoms with van der Waals surface area (Å²) in [5.41, 5.74) is 3.88. The number of aromatic nitrogens is 2. The fourth-order valence-corrected chi connectivity index (χ4v) is 4.41. The number of nitrogens with zero attached hydrogens (tertiary/aromatic N) is 4. The van der Waals surface area contributed by atoms with Crippen molar-refractivity contribution in [1.29, 1.82) is 0 Å². The van der Waals surface area contributed by atoms with E-state index in [1.165, 1.54) is 5.39 Å². The van der Waals surface area contributed by atoms with Crippen LogP contribution in [0.15, 0.2) is 78.0 Å². The standard InChI is InChI=1S/C27H26N4O2/c1-18-16-30(19(2)28-18)17-27(32)31-26(21-10-12-24(33-3)13-11-21)15-25(29-31)23-9-8-20-6-4-5-7-22(20)14-23/h4-14,16,26H,15,17H2,1-3H3/t26-/m0/s1. The van der Waals surface area contributed by atoms with Crippen molar-refractivity contribution >= 4 is 22.4 Å². The van der Waals surface area contributed by atoms with Crippen LogP contribution in [0.3, 0.4) is 0 Å². The highest BCUT2D eigenvalue weighted by atomic mass is 16.5. The Bertz CT molecular complexity index is 1350. The number of hydrazone groups is 1. The Balaban J connectivity index is 1.50. The number of ether oxygens (including phenoxy) is 1. The summed E-state index contributed by atoms with van der Waals surface area (Å²) in [6.45, 7) is 4.04. The predicted molar refractivity (Wildman–Crippen MR) is 129 cm³/mol. The fraction of sp³-hybridized carbons (Fsp3) is 0.222. The molecule has 33 heavy (non-hydrogen) atoms. The zero-order valence-corrected chi connectivity index (χ0v) is 19.0. The van der Waals surface area contributed by atoms with Gasteiger partial charge < -0.3 is 9.30 Å². The molecule has 0 unspecified atom stereocenters. The smallest absolute Gasteiger partial charge is 0.263 e. The number of amides is 1. The number of carbonyl (C=O) groups is 1. The summed E-state index contributed by atoms with van der Waals surface area (Å²) in [6, 6.07) is 22.3. The topological polar surface area (TPSA) is 59.7 Å². The molecule has 166 valence electrons. The van der Waals surface area contributed by atoms with Gasteiger partial charge in [0, 0.05) is 12.6 Å². The molecule has 0 saturated heterocycles. The monoisotopic (exact) mass is 438 g/mol. The van der Waals surface area contributed by atoms with Gasteiger partial charge in [0.15, 0.2) is 0 Å². The first kappa shape index (κ1) is 20.9. The molecule has 0 N–H and O–H groups in total. The fourth-order valence-electron chi connectivity index (χ4n) is 4.41. The molecule has 0 fully saturated rings. The largest absolute Gasteiger partial charge is 0.497 e. The van der Waals surface area contributed by atoms with Crippen LogP contribution in [0, 0.1) is 13.8 Å². The molecule has 2 heterocycles. The number of hydrogen-bond acceptors (Lipinski definition) is 4. The zero-order chi connectivity index (χ0) is 22.9. The lowest BCUT2D eigenvalue weighted by Crippen LogP contribution is -2.30. The number of methoxy groups -OCH3 is 1. The number of benzene rings is 3. The molecule has 5 rings (SSSR count). The molecule has 0 radical (unpaired) electrons. The first-order valence-electron chi connectivity index (χ1n) is 11.0. The van der Waals surface area contributed by atoms with Gasteiger partial charge in [-0.15, -0.1) is 0 Å². The lowest BCUT2D eigenvalue weighted by molar-refractivity contribution is -0.133. The summed E-state index contributed by atoms with van der Waals surface area (Å²) in [6.07, 6.45) is 2.55. The molecule has 1 aliphatic rings. The summed E-state index contributed by atoms with van der Waals surface area (Å²) in [4.78, 5) is 17.8. The number of aryl methyl sites for hydroxylation is 2. The van der Waals surface area contributed by atoms with Crippen LogP contribution < -0.4 is 4.74 Å². The number of rotatable bonds is 5. The third-order valence-corrected chi connectivity index (χ3v) is 6.15. The van der Waals surface area contributed by atoms with Crippen molar-refractivity contribution in [1.82, 2.24) is 14.6 Å². The third kappa shape index (κ3) is 4.12. The maximum atomic E-state index is 13.4. The number of hydrogen-bond donors (Lipinski definition) is 0. The first-order valence-corrected chi connectivity index (χ1v) is 11.0. The van der Waals surface area contributed by atoms with Gasteiger partial charge in [0.2, 0.25) is 0 Å². The van der Waals surface area contributed by atoms with Crippen molar-refractivity contribution in [2.45, 2.75) is 32.9 Å². The van der Waals surface area contributed by atoms with Crippen molar-refractivity contribution < 1.29 is 9.53 Å². The summed E-state index contributed by atoms with van der Waals surface area (Å²) >= 11 is 0. The second-order valence-electron chi connectivity index (χ2n) is 8.40. The van der Waals surface area contributed by atoms with Gasteiger partial charge in [0.1, 0.15) is 18.1 Å². The zero-order valence-electron chi connectivity index (χ0n) is 19.0. The molecule has 0 spiro atoms. The van der Waals surface area contributed by atoms with Crippen molar-refractivity contribution in [3.05, 3.63) is 95.6 Å². The predicted octanol–water partition coefficient (Wildman–Crippen LogP) is 5.04. The summed E-state index contributed by atoms with van der Waals surface area (Å²) in [7, 11) is 1.65. The van der Waals surface area contributed by atoms with Gasteiger partial charge in [-0.05, 0) is 53.9 Å². The second-order valence-corrected chi connectivity index (χ2v) is 8.40. The minimum atomic E-state index is -0.171. The maximum absolute atomic E-state index is 13.4. The Morgan fingerprint density at radius 2 is 1.79 bits per heavy atom. The molecular weight excluding hydrogens is 412 g/mol. The van der Waals surface area contributed by atoms with Gasteiger partial charge in [-0.1, -0.05) is 48.5 Å². The van der Waals surface area contributed by atoms with Crippen LogP contribution >= 0.6 is 0 Å². The molecule has 6 nitrogen and oxygen atoms in total. The SMILES string of the molecule is COc1ccc([C@@H]2CC(c3ccc4ccccc4c3)=NN2C(=O)Cn2cc(C)nc2C)cc1. The van der Waals surface area contributed by atoms with Crippen LogP contribution in [-0.2, 0) is 11.3 Å². The summed E-state index contributed by atoms with van der Waals surface area (Å²) < 4.78 is 7.19. The van der Waals surface area contributed by atoms with Crippen LogP contribution in [0.25, 0.3) is 10.8 Å². The van der Waals surface area contributed by atoms with E-state index >= 15 is 0 Å². The Kier molecular flexibility index (Phi) is 5.42. The van der Waals surface area contributed by atoms with E-state index in [4.69, 9.17) is 9.84 Å². The van der Waals surface area contributed by atoms with E-state index in [2.05, 4.69) is 35.3 Å². The molecule has 3 aromatic carbocycles. The molecule has 6 heteroatoms. The first-order chi connectivity index (χ1) is 16.0. The highest BCUT2D eigenvalue weighted by Crippen LogP contribution is 2.34. The summed E-state index contributed by atoms with van der Waals surface area (Å²) in [5.74, 6) is 1.54. The van der Waals surface area contributed by atoms with Gasteiger partial charge in [-0.3, -0.25) is 4.79 Å². The lowest BCUT2D eigenvalue weighted by Gasteiger charge is -2.22. The van der Waals surface area contributed by atoms with Gasteiger partial charge in [-0.2, -0.15) is 5.10 Å². The van der Waals surface area contributed by atoms with Crippen molar-refractivity contribution in [2.75, 3.05) is 7.11 Å².